The average Bonchev–Trinajstić information content (AvgIpc) is 3.01. The molecule has 4 aliphatic rings. The van der Waals surface area contributed by atoms with Crippen LogP contribution in [0.25, 0.3) is 0 Å². The van der Waals surface area contributed by atoms with Crippen molar-refractivity contribution in [1.82, 2.24) is 0 Å². The zero-order valence-electron chi connectivity index (χ0n) is 19.9. The van der Waals surface area contributed by atoms with Crippen molar-refractivity contribution in [2.75, 3.05) is 0 Å². The van der Waals surface area contributed by atoms with Crippen LogP contribution in [0, 0.1) is 46.3 Å². The van der Waals surface area contributed by atoms with E-state index in [1.54, 1.807) is 13.8 Å². The van der Waals surface area contributed by atoms with Crippen LogP contribution in [0.1, 0.15) is 112 Å². The Bertz CT molecular complexity index is 580. The molecule has 4 saturated carbocycles. The highest BCUT2D eigenvalue weighted by Crippen LogP contribution is 2.68. The fourth-order valence-corrected chi connectivity index (χ4v) is 9.25. The summed E-state index contributed by atoms with van der Waals surface area (Å²) >= 11 is 0. The predicted molar refractivity (Wildman–Crippen MR) is 121 cm³/mol. The molecule has 4 aliphatic carbocycles. The molecule has 9 atom stereocenters. The topological polar surface area (TPSA) is 40.5 Å². The molecule has 0 aromatic heterocycles. The van der Waals surface area contributed by atoms with Crippen molar-refractivity contribution in [3.63, 3.8) is 0 Å². The molecule has 0 heterocycles. The monoisotopic (exact) mass is 404 g/mol. The third-order valence-corrected chi connectivity index (χ3v) is 11.1. The van der Waals surface area contributed by atoms with Gasteiger partial charge in [-0.25, -0.2) is 0 Å². The number of rotatable bonds is 5. The molecule has 0 radical (unpaired) electrons. The SMILES string of the molecule is CC(CCC(O)C(C)(C)O)C1CCC2C3CCC4CCCCC4(C)C3CCC12C. The molecular weight excluding hydrogens is 356 g/mol. The highest BCUT2D eigenvalue weighted by atomic mass is 16.3. The Hall–Kier alpha value is -0.0800. The number of hydrogen-bond acceptors (Lipinski definition) is 2. The van der Waals surface area contributed by atoms with Crippen molar-refractivity contribution in [2.45, 2.75) is 123 Å². The van der Waals surface area contributed by atoms with Gasteiger partial charge in [-0.15, -0.1) is 0 Å². The fraction of sp³-hybridized carbons (Fsp3) is 1.00. The van der Waals surface area contributed by atoms with Gasteiger partial charge in [0.15, 0.2) is 0 Å². The van der Waals surface area contributed by atoms with Crippen LogP contribution >= 0.6 is 0 Å². The lowest BCUT2D eigenvalue weighted by Crippen LogP contribution is -2.53. The van der Waals surface area contributed by atoms with Crippen molar-refractivity contribution in [3.8, 4) is 0 Å². The lowest BCUT2D eigenvalue weighted by Gasteiger charge is -2.61. The Labute approximate surface area is 180 Å². The minimum Gasteiger partial charge on any atom is -0.390 e. The lowest BCUT2D eigenvalue weighted by atomic mass is 9.44. The molecule has 9 unspecified atom stereocenters. The van der Waals surface area contributed by atoms with E-state index in [-0.39, 0.29) is 0 Å². The van der Waals surface area contributed by atoms with E-state index in [0.717, 1.165) is 42.4 Å². The number of aliphatic hydroxyl groups is 2. The van der Waals surface area contributed by atoms with Gasteiger partial charge in [0.1, 0.15) is 0 Å². The zero-order chi connectivity index (χ0) is 21.0. The van der Waals surface area contributed by atoms with E-state index >= 15 is 0 Å². The molecule has 168 valence electrons. The third-order valence-electron chi connectivity index (χ3n) is 11.1. The molecule has 0 spiro atoms. The van der Waals surface area contributed by atoms with Gasteiger partial charge < -0.3 is 10.2 Å². The molecule has 29 heavy (non-hydrogen) atoms. The van der Waals surface area contributed by atoms with Gasteiger partial charge in [-0.2, -0.15) is 0 Å². The fourth-order valence-electron chi connectivity index (χ4n) is 9.25. The van der Waals surface area contributed by atoms with Gasteiger partial charge in [-0.3, -0.25) is 0 Å². The first-order valence-electron chi connectivity index (χ1n) is 13.0. The number of hydrogen-bond donors (Lipinski definition) is 2. The van der Waals surface area contributed by atoms with Gasteiger partial charge in [0, 0.05) is 0 Å². The van der Waals surface area contributed by atoms with Crippen molar-refractivity contribution in [1.29, 1.82) is 0 Å². The maximum atomic E-state index is 10.3. The van der Waals surface area contributed by atoms with Crippen LogP contribution in [-0.2, 0) is 0 Å². The Morgan fingerprint density at radius 2 is 1.59 bits per heavy atom. The Kier molecular flexibility index (Phi) is 5.95. The van der Waals surface area contributed by atoms with Crippen LogP contribution in [0.5, 0.6) is 0 Å². The summed E-state index contributed by atoms with van der Waals surface area (Å²) in [5.74, 6) is 5.38. The number of fused-ring (bicyclic) bond motifs is 5. The zero-order valence-corrected chi connectivity index (χ0v) is 19.9. The predicted octanol–water partition coefficient (Wildman–Crippen LogP) is 6.58. The largest absolute Gasteiger partial charge is 0.390 e. The molecule has 0 aromatic carbocycles. The molecule has 0 aliphatic heterocycles. The third kappa shape index (κ3) is 3.73. The van der Waals surface area contributed by atoms with E-state index in [9.17, 15) is 10.2 Å². The standard InChI is InChI=1S/C27H48O2/c1-18(9-14-24(28)25(2,3)29)21-12-13-22-20-11-10-19-8-6-7-16-26(19,4)23(20)15-17-27(21,22)5/h18-24,28-29H,6-17H2,1-5H3. The smallest absolute Gasteiger partial charge is 0.0849 e. The van der Waals surface area contributed by atoms with E-state index in [0.29, 0.717) is 16.7 Å². The summed E-state index contributed by atoms with van der Waals surface area (Å²) in [5, 5.41) is 20.4. The van der Waals surface area contributed by atoms with E-state index in [4.69, 9.17) is 0 Å². The van der Waals surface area contributed by atoms with Crippen LogP contribution in [0.15, 0.2) is 0 Å². The molecule has 0 aromatic rings. The van der Waals surface area contributed by atoms with Gasteiger partial charge in [0.05, 0.1) is 11.7 Å². The van der Waals surface area contributed by atoms with Crippen molar-refractivity contribution >= 4 is 0 Å². The second kappa shape index (κ2) is 7.80. The first-order chi connectivity index (χ1) is 13.6. The summed E-state index contributed by atoms with van der Waals surface area (Å²) in [6.07, 6.45) is 15.9. The second-order valence-electron chi connectivity index (χ2n) is 12.9. The molecule has 0 saturated heterocycles. The summed E-state index contributed by atoms with van der Waals surface area (Å²) in [7, 11) is 0. The minimum atomic E-state index is -0.978. The molecule has 4 rings (SSSR count). The summed E-state index contributed by atoms with van der Waals surface area (Å²) in [6.45, 7) is 11.2. The summed E-state index contributed by atoms with van der Waals surface area (Å²) in [5.41, 5.74) is 0.176. The highest BCUT2D eigenvalue weighted by molar-refractivity contribution is 5.09. The molecule has 4 fully saturated rings. The van der Waals surface area contributed by atoms with E-state index < -0.39 is 11.7 Å². The summed E-state index contributed by atoms with van der Waals surface area (Å²) < 4.78 is 0. The molecule has 2 nitrogen and oxygen atoms in total. The minimum absolute atomic E-state index is 0.512. The highest BCUT2D eigenvalue weighted by Gasteiger charge is 2.60. The average molecular weight is 405 g/mol. The van der Waals surface area contributed by atoms with Crippen LogP contribution in [0.2, 0.25) is 0 Å². The maximum Gasteiger partial charge on any atom is 0.0849 e. The second-order valence-corrected chi connectivity index (χ2v) is 12.9. The van der Waals surface area contributed by atoms with Crippen molar-refractivity contribution in [2.24, 2.45) is 46.3 Å². The number of aliphatic hydroxyl groups excluding tert-OH is 1. The first-order valence-corrected chi connectivity index (χ1v) is 13.0. The van der Waals surface area contributed by atoms with Crippen LogP contribution < -0.4 is 0 Å². The van der Waals surface area contributed by atoms with Gasteiger partial charge in [-0.1, -0.05) is 33.6 Å². The van der Waals surface area contributed by atoms with Gasteiger partial charge in [0.2, 0.25) is 0 Å². The van der Waals surface area contributed by atoms with Crippen molar-refractivity contribution in [3.05, 3.63) is 0 Å². The van der Waals surface area contributed by atoms with E-state index in [1.807, 2.05) is 0 Å². The van der Waals surface area contributed by atoms with Gasteiger partial charge in [0.25, 0.3) is 0 Å². The maximum absolute atomic E-state index is 10.3. The Morgan fingerprint density at radius 3 is 2.31 bits per heavy atom. The van der Waals surface area contributed by atoms with Crippen molar-refractivity contribution < 1.29 is 10.2 Å². The summed E-state index contributed by atoms with van der Waals surface area (Å²) in [6, 6.07) is 0. The van der Waals surface area contributed by atoms with Crippen LogP contribution in [-0.4, -0.2) is 21.9 Å². The molecule has 0 amide bonds. The van der Waals surface area contributed by atoms with E-state index in [2.05, 4.69) is 20.8 Å². The summed E-state index contributed by atoms with van der Waals surface area (Å²) in [4.78, 5) is 0. The van der Waals surface area contributed by atoms with E-state index in [1.165, 1.54) is 64.2 Å². The van der Waals surface area contributed by atoms with Crippen LogP contribution in [0.3, 0.4) is 0 Å². The van der Waals surface area contributed by atoms with Gasteiger partial charge in [-0.05, 0) is 124 Å². The quantitative estimate of drug-likeness (QED) is 0.543. The van der Waals surface area contributed by atoms with Crippen LogP contribution in [0.4, 0.5) is 0 Å². The lowest BCUT2D eigenvalue weighted by molar-refractivity contribution is -0.115. The Balaban J connectivity index is 1.45. The van der Waals surface area contributed by atoms with Gasteiger partial charge >= 0.3 is 0 Å². The molecule has 2 N–H and O–H groups in total. The molecule has 2 heteroatoms. The Morgan fingerprint density at radius 1 is 0.862 bits per heavy atom. The molecular formula is C27H48O2. The normalized spacial score (nSPS) is 47.1. The first kappa shape index (κ1) is 22.1. The molecule has 0 bridgehead atoms.